The van der Waals surface area contributed by atoms with E-state index < -0.39 is 0 Å². The summed E-state index contributed by atoms with van der Waals surface area (Å²) in [5, 5.41) is 6.80. The van der Waals surface area contributed by atoms with Crippen LogP contribution in [0.25, 0.3) is 0 Å². The van der Waals surface area contributed by atoms with Gasteiger partial charge in [0.15, 0.2) is 0 Å². The minimum atomic E-state index is -0.226. The number of nitrogens with one attached hydrogen (secondary N) is 2. The Labute approximate surface area is 170 Å². The molecule has 0 atom stereocenters. The lowest BCUT2D eigenvalue weighted by atomic mass is 10.1. The van der Waals surface area contributed by atoms with E-state index in [1.165, 1.54) is 5.56 Å². The molecule has 0 aliphatic carbocycles. The molecule has 0 spiro atoms. The molecule has 0 fully saturated rings. The molecule has 1 heterocycles. The van der Waals surface area contributed by atoms with Gasteiger partial charge in [-0.15, -0.1) is 0 Å². The van der Waals surface area contributed by atoms with Crippen molar-refractivity contribution in [3.63, 3.8) is 0 Å². The van der Waals surface area contributed by atoms with Crippen molar-refractivity contribution in [2.24, 2.45) is 0 Å². The summed E-state index contributed by atoms with van der Waals surface area (Å²) >= 11 is 5.99. The first-order chi connectivity index (χ1) is 13.4. The Morgan fingerprint density at radius 2 is 1.86 bits per heavy atom. The van der Waals surface area contributed by atoms with Gasteiger partial charge in [-0.1, -0.05) is 41.4 Å². The molecule has 1 aromatic heterocycles. The number of hydrogen-bond donors (Lipinski definition) is 2. The van der Waals surface area contributed by atoms with Gasteiger partial charge in [0.25, 0.3) is 5.91 Å². The quantitative estimate of drug-likeness (QED) is 0.631. The molecule has 3 rings (SSSR count). The average Bonchev–Trinajstić information content (AvgIpc) is 2.63. The van der Waals surface area contributed by atoms with Gasteiger partial charge in [0.05, 0.1) is 0 Å². The summed E-state index contributed by atoms with van der Waals surface area (Å²) in [6.45, 7) is 6.42. The van der Waals surface area contributed by atoms with E-state index in [1.54, 1.807) is 6.07 Å². The van der Waals surface area contributed by atoms with Crippen LogP contribution in [0, 0.1) is 20.8 Å². The zero-order valence-electron chi connectivity index (χ0n) is 16.2. The van der Waals surface area contributed by atoms with Crippen LogP contribution in [0.4, 0.5) is 11.6 Å². The van der Waals surface area contributed by atoms with Gasteiger partial charge in [-0.2, -0.15) is 0 Å². The normalized spacial score (nSPS) is 10.6. The number of hydrogen-bond acceptors (Lipinski definition) is 4. The number of aromatic nitrogens is 2. The lowest BCUT2D eigenvalue weighted by Gasteiger charge is -2.11. The molecule has 0 saturated carbocycles. The Morgan fingerprint density at radius 3 is 2.61 bits per heavy atom. The van der Waals surface area contributed by atoms with Gasteiger partial charge < -0.3 is 10.6 Å². The predicted molar refractivity (Wildman–Crippen MR) is 113 cm³/mol. The fourth-order valence-electron chi connectivity index (χ4n) is 2.92. The maximum absolute atomic E-state index is 12.5. The number of anilines is 2. The second kappa shape index (κ2) is 8.85. The van der Waals surface area contributed by atoms with Crippen LogP contribution in [-0.4, -0.2) is 22.4 Å². The topological polar surface area (TPSA) is 66.9 Å². The average molecular weight is 395 g/mol. The van der Waals surface area contributed by atoms with Crippen LogP contribution in [0.5, 0.6) is 0 Å². The molecule has 1 amide bonds. The number of benzene rings is 2. The Balaban J connectivity index is 1.67. The Morgan fingerprint density at radius 1 is 1.04 bits per heavy atom. The van der Waals surface area contributed by atoms with Gasteiger partial charge in [-0.25, -0.2) is 9.97 Å². The van der Waals surface area contributed by atoms with Crippen LogP contribution in [-0.2, 0) is 6.42 Å². The molecule has 0 aliphatic rings. The summed E-state index contributed by atoms with van der Waals surface area (Å²) in [6.07, 6.45) is 0.698. The summed E-state index contributed by atoms with van der Waals surface area (Å²) in [5.74, 6) is 0.183. The molecule has 3 aromatic rings. The van der Waals surface area contributed by atoms with Gasteiger partial charge in [0.2, 0.25) is 5.95 Å². The lowest BCUT2D eigenvalue weighted by Crippen LogP contribution is -2.27. The third-order valence-corrected chi connectivity index (χ3v) is 4.54. The maximum atomic E-state index is 12.5. The van der Waals surface area contributed by atoms with Crippen molar-refractivity contribution in [3.05, 3.63) is 81.6 Å². The minimum absolute atomic E-state index is 0.226. The molecular formula is C22H23ClN4O. The molecule has 28 heavy (non-hydrogen) atoms. The van der Waals surface area contributed by atoms with Gasteiger partial charge in [-0.3, -0.25) is 4.79 Å². The van der Waals surface area contributed by atoms with E-state index in [-0.39, 0.29) is 5.91 Å². The van der Waals surface area contributed by atoms with Crippen LogP contribution >= 0.6 is 11.6 Å². The van der Waals surface area contributed by atoms with Crippen LogP contribution < -0.4 is 10.6 Å². The van der Waals surface area contributed by atoms with E-state index in [4.69, 9.17) is 11.6 Å². The van der Waals surface area contributed by atoms with E-state index >= 15 is 0 Å². The highest BCUT2D eigenvalue weighted by molar-refractivity contribution is 6.30. The van der Waals surface area contributed by atoms with Gasteiger partial charge in [0, 0.05) is 22.9 Å². The summed E-state index contributed by atoms with van der Waals surface area (Å²) in [7, 11) is 0. The number of rotatable bonds is 6. The maximum Gasteiger partial charge on any atom is 0.270 e. The highest BCUT2D eigenvalue weighted by Crippen LogP contribution is 2.20. The highest BCUT2D eigenvalue weighted by atomic mass is 35.5. The molecule has 5 nitrogen and oxygen atoms in total. The molecule has 0 radical (unpaired) electrons. The second-order valence-corrected chi connectivity index (χ2v) is 7.23. The van der Waals surface area contributed by atoms with Gasteiger partial charge in [-0.05, 0) is 62.6 Å². The van der Waals surface area contributed by atoms with Crippen molar-refractivity contribution < 1.29 is 4.79 Å². The van der Waals surface area contributed by atoms with Crippen molar-refractivity contribution in [1.82, 2.24) is 15.3 Å². The Kier molecular flexibility index (Phi) is 6.26. The van der Waals surface area contributed by atoms with E-state index in [9.17, 15) is 4.79 Å². The number of amides is 1. The standard InChI is InChI=1S/C22H23ClN4O/c1-14-7-8-19(15(2)11-14)26-22-25-16(3)12-20(27-22)21(28)24-10-9-17-5-4-6-18(23)13-17/h4-8,11-13H,9-10H2,1-3H3,(H,24,28)(H,25,26,27). The first kappa shape index (κ1) is 19.8. The third kappa shape index (κ3) is 5.30. The molecular weight excluding hydrogens is 372 g/mol. The first-order valence-electron chi connectivity index (χ1n) is 9.13. The molecule has 0 aliphatic heterocycles. The largest absolute Gasteiger partial charge is 0.350 e. The number of halogens is 1. The molecule has 144 valence electrons. The summed E-state index contributed by atoms with van der Waals surface area (Å²) in [4.78, 5) is 21.3. The van der Waals surface area contributed by atoms with E-state index in [0.717, 1.165) is 22.5 Å². The smallest absolute Gasteiger partial charge is 0.270 e. The monoisotopic (exact) mass is 394 g/mol. The predicted octanol–water partition coefficient (Wildman–Crippen LogP) is 4.77. The number of carbonyl (C=O) groups excluding carboxylic acids is 1. The molecule has 0 saturated heterocycles. The van der Waals surface area contributed by atoms with Crippen LogP contribution in [0.2, 0.25) is 5.02 Å². The van der Waals surface area contributed by atoms with Gasteiger partial charge >= 0.3 is 0 Å². The highest BCUT2D eigenvalue weighted by Gasteiger charge is 2.11. The fourth-order valence-corrected chi connectivity index (χ4v) is 3.13. The van der Waals surface area contributed by atoms with Crippen LogP contribution in [0.1, 0.15) is 32.9 Å². The summed E-state index contributed by atoms with van der Waals surface area (Å²) in [6, 6.07) is 15.4. The molecule has 0 unspecified atom stereocenters. The molecule has 2 aromatic carbocycles. The van der Waals surface area contributed by atoms with E-state index in [0.29, 0.717) is 29.6 Å². The lowest BCUT2D eigenvalue weighted by molar-refractivity contribution is 0.0949. The van der Waals surface area contributed by atoms with Crippen molar-refractivity contribution in [1.29, 1.82) is 0 Å². The number of nitrogens with zero attached hydrogens (tertiary/aromatic N) is 2. The van der Waals surface area contributed by atoms with Crippen molar-refractivity contribution in [3.8, 4) is 0 Å². The Hall–Kier alpha value is -2.92. The van der Waals surface area contributed by atoms with Gasteiger partial charge in [0.1, 0.15) is 5.69 Å². The van der Waals surface area contributed by atoms with Crippen molar-refractivity contribution >= 4 is 29.1 Å². The van der Waals surface area contributed by atoms with Crippen LogP contribution in [0.3, 0.4) is 0 Å². The molecule has 2 N–H and O–H groups in total. The van der Waals surface area contributed by atoms with Crippen LogP contribution in [0.15, 0.2) is 48.5 Å². The fraction of sp³-hybridized carbons (Fsp3) is 0.227. The summed E-state index contributed by atoms with van der Waals surface area (Å²) in [5.41, 5.74) is 5.34. The van der Waals surface area contributed by atoms with E-state index in [1.807, 2.05) is 57.2 Å². The van der Waals surface area contributed by atoms with Crippen molar-refractivity contribution in [2.75, 3.05) is 11.9 Å². The molecule has 6 heteroatoms. The second-order valence-electron chi connectivity index (χ2n) is 6.80. The SMILES string of the molecule is Cc1ccc(Nc2nc(C)cc(C(=O)NCCc3cccc(Cl)c3)n2)c(C)c1. The Bertz CT molecular complexity index is 1000. The summed E-state index contributed by atoms with van der Waals surface area (Å²) < 4.78 is 0. The third-order valence-electron chi connectivity index (χ3n) is 4.30. The zero-order valence-corrected chi connectivity index (χ0v) is 17.0. The minimum Gasteiger partial charge on any atom is -0.350 e. The first-order valence-corrected chi connectivity index (χ1v) is 9.51. The zero-order chi connectivity index (χ0) is 20.1. The number of carbonyl (C=O) groups is 1. The van der Waals surface area contributed by atoms with Crippen molar-refractivity contribution in [2.45, 2.75) is 27.2 Å². The number of aryl methyl sites for hydroxylation is 3. The van der Waals surface area contributed by atoms with E-state index in [2.05, 4.69) is 26.7 Å². The molecule has 0 bridgehead atoms.